The number of hydrogen-bond donors (Lipinski definition) is 1. The molecule has 1 aliphatic rings. The van der Waals surface area contributed by atoms with Gasteiger partial charge in [0, 0.05) is 6.54 Å². The number of rotatable bonds is 7. The Bertz CT molecular complexity index is 724. The SMILES string of the molecule is Cc1cccc(OCC(=O)NC[C@@H](c2ccccc2)N2CCCC2)c1C. The van der Waals surface area contributed by atoms with Crippen LogP contribution in [0.25, 0.3) is 0 Å². The zero-order chi connectivity index (χ0) is 18.4. The lowest BCUT2D eigenvalue weighted by Crippen LogP contribution is -2.38. The van der Waals surface area contributed by atoms with E-state index >= 15 is 0 Å². The fourth-order valence-corrected chi connectivity index (χ4v) is 3.47. The van der Waals surface area contributed by atoms with Gasteiger partial charge in [0.2, 0.25) is 0 Å². The molecule has 2 aromatic rings. The Labute approximate surface area is 156 Å². The molecule has 0 bridgehead atoms. The number of carbonyl (C=O) groups excluding carboxylic acids is 1. The molecule has 0 radical (unpaired) electrons. The number of amides is 1. The minimum Gasteiger partial charge on any atom is -0.483 e. The molecule has 1 heterocycles. The molecule has 4 heteroatoms. The quantitative estimate of drug-likeness (QED) is 0.827. The number of carbonyl (C=O) groups is 1. The summed E-state index contributed by atoms with van der Waals surface area (Å²) in [5, 5.41) is 3.06. The van der Waals surface area contributed by atoms with Gasteiger partial charge in [-0.05, 0) is 62.5 Å². The summed E-state index contributed by atoms with van der Waals surface area (Å²) in [6.45, 7) is 6.90. The Hall–Kier alpha value is -2.33. The van der Waals surface area contributed by atoms with Crippen LogP contribution >= 0.6 is 0 Å². The molecule has 0 unspecified atom stereocenters. The molecular weight excluding hydrogens is 324 g/mol. The predicted molar refractivity (Wildman–Crippen MR) is 104 cm³/mol. The second-order valence-corrected chi connectivity index (χ2v) is 6.96. The van der Waals surface area contributed by atoms with Crippen molar-refractivity contribution in [3.8, 4) is 5.75 Å². The van der Waals surface area contributed by atoms with Crippen molar-refractivity contribution in [2.24, 2.45) is 0 Å². The van der Waals surface area contributed by atoms with Crippen LogP contribution in [0.15, 0.2) is 48.5 Å². The first kappa shape index (κ1) is 18.5. The van der Waals surface area contributed by atoms with Crippen LogP contribution in [0.4, 0.5) is 0 Å². The number of nitrogens with zero attached hydrogens (tertiary/aromatic N) is 1. The van der Waals surface area contributed by atoms with Gasteiger partial charge in [0.1, 0.15) is 5.75 Å². The first-order valence-electron chi connectivity index (χ1n) is 9.40. The van der Waals surface area contributed by atoms with Crippen LogP contribution in [0.5, 0.6) is 5.75 Å². The van der Waals surface area contributed by atoms with Crippen molar-refractivity contribution in [1.29, 1.82) is 0 Å². The number of ether oxygens (including phenoxy) is 1. The highest BCUT2D eigenvalue weighted by molar-refractivity contribution is 5.77. The predicted octanol–water partition coefficient (Wildman–Crippen LogP) is 3.64. The zero-order valence-electron chi connectivity index (χ0n) is 15.7. The zero-order valence-corrected chi connectivity index (χ0v) is 15.7. The molecule has 1 saturated heterocycles. The third kappa shape index (κ3) is 4.64. The average molecular weight is 352 g/mol. The first-order chi connectivity index (χ1) is 12.6. The van der Waals surface area contributed by atoms with Gasteiger partial charge in [0.15, 0.2) is 6.61 Å². The third-order valence-electron chi connectivity index (χ3n) is 5.17. The molecule has 0 saturated carbocycles. The van der Waals surface area contributed by atoms with Gasteiger partial charge in [-0.1, -0.05) is 42.5 Å². The summed E-state index contributed by atoms with van der Waals surface area (Å²) in [7, 11) is 0. The van der Waals surface area contributed by atoms with Gasteiger partial charge in [-0.3, -0.25) is 9.69 Å². The molecule has 1 amide bonds. The minimum atomic E-state index is -0.0777. The Kier molecular flexibility index (Phi) is 6.29. The van der Waals surface area contributed by atoms with Gasteiger partial charge in [0.25, 0.3) is 5.91 Å². The molecule has 1 aliphatic heterocycles. The fourth-order valence-electron chi connectivity index (χ4n) is 3.47. The normalized spacial score (nSPS) is 15.6. The van der Waals surface area contributed by atoms with E-state index in [4.69, 9.17) is 4.74 Å². The van der Waals surface area contributed by atoms with Gasteiger partial charge < -0.3 is 10.1 Å². The highest BCUT2D eigenvalue weighted by atomic mass is 16.5. The smallest absolute Gasteiger partial charge is 0.258 e. The highest BCUT2D eigenvalue weighted by Gasteiger charge is 2.23. The van der Waals surface area contributed by atoms with Gasteiger partial charge in [-0.2, -0.15) is 0 Å². The molecule has 0 aromatic heterocycles. The second-order valence-electron chi connectivity index (χ2n) is 6.96. The van der Waals surface area contributed by atoms with Gasteiger partial charge >= 0.3 is 0 Å². The number of nitrogens with one attached hydrogen (secondary N) is 1. The molecule has 3 rings (SSSR count). The molecule has 26 heavy (non-hydrogen) atoms. The fraction of sp³-hybridized carbons (Fsp3) is 0.409. The maximum absolute atomic E-state index is 12.3. The lowest BCUT2D eigenvalue weighted by Gasteiger charge is -2.28. The van der Waals surface area contributed by atoms with Crippen LogP contribution in [0.1, 0.15) is 35.6 Å². The van der Waals surface area contributed by atoms with Crippen molar-refractivity contribution in [3.05, 3.63) is 65.2 Å². The summed E-state index contributed by atoms with van der Waals surface area (Å²) in [5.74, 6) is 0.699. The van der Waals surface area contributed by atoms with E-state index in [9.17, 15) is 4.79 Å². The summed E-state index contributed by atoms with van der Waals surface area (Å²) in [4.78, 5) is 14.8. The highest BCUT2D eigenvalue weighted by Crippen LogP contribution is 2.24. The van der Waals surface area contributed by atoms with E-state index in [1.165, 1.54) is 24.0 Å². The summed E-state index contributed by atoms with van der Waals surface area (Å²) in [6.07, 6.45) is 2.46. The van der Waals surface area contributed by atoms with Crippen LogP contribution in [-0.4, -0.2) is 37.0 Å². The van der Waals surface area contributed by atoms with Crippen molar-refractivity contribution in [3.63, 3.8) is 0 Å². The monoisotopic (exact) mass is 352 g/mol. The van der Waals surface area contributed by atoms with Crippen LogP contribution in [0, 0.1) is 13.8 Å². The summed E-state index contributed by atoms with van der Waals surface area (Å²) in [6, 6.07) is 16.6. The van der Waals surface area contributed by atoms with Crippen molar-refractivity contribution < 1.29 is 9.53 Å². The Morgan fingerprint density at radius 3 is 2.54 bits per heavy atom. The van der Waals surface area contributed by atoms with Gasteiger partial charge in [-0.25, -0.2) is 0 Å². The van der Waals surface area contributed by atoms with Crippen LogP contribution in [-0.2, 0) is 4.79 Å². The number of likely N-dealkylation sites (tertiary alicyclic amines) is 1. The second kappa shape index (κ2) is 8.86. The van der Waals surface area contributed by atoms with Crippen molar-refractivity contribution in [2.75, 3.05) is 26.2 Å². The molecule has 0 spiro atoms. The van der Waals surface area contributed by atoms with Crippen LogP contribution in [0.2, 0.25) is 0 Å². The summed E-state index contributed by atoms with van der Waals surface area (Å²) >= 11 is 0. The largest absolute Gasteiger partial charge is 0.483 e. The standard InChI is InChI=1S/C22H28N2O2/c1-17-9-8-12-21(18(17)2)26-16-22(25)23-15-20(24-13-6-7-14-24)19-10-4-3-5-11-19/h3-5,8-12,20H,6-7,13-16H2,1-2H3,(H,23,25)/t20-/m0/s1. The third-order valence-corrected chi connectivity index (χ3v) is 5.17. The van der Waals surface area contributed by atoms with Crippen molar-refractivity contribution >= 4 is 5.91 Å². The van der Waals surface area contributed by atoms with E-state index in [1.54, 1.807) is 0 Å². The van der Waals surface area contributed by atoms with Crippen LogP contribution < -0.4 is 10.1 Å². The molecule has 1 fully saturated rings. The summed E-state index contributed by atoms with van der Waals surface area (Å²) < 4.78 is 5.72. The molecule has 1 N–H and O–H groups in total. The van der Waals surface area contributed by atoms with Crippen molar-refractivity contribution in [2.45, 2.75) is 32.7 Å². The maximum Gasteiger partial charge on any atom is 0.258 e. The first-order valence-corrected chi connectivity index (χ1v) is 9.40. The van der Waals surface area contributed by atoms with E-state index in [1.807, 2.05) is 38.1 Å². The number of benzene rings is 2. The topological polar surface area (TPSA) is 41.6 Å². The van der Waals surface area contributed by atoms with E-state index < -0.39 is 0 Å². The average Bonchev–Trinajstić information content (AvgIpc) is 3.18. The summed E-state index contributed by atoms with van der Waals surface area (Å²) in [5.41, 5.74) is 3.51. The van der Waals surface area contributed by atoms with Crippen molar-refractivity contribution in [1.82, 2.24) is 10.2 Å². The number of aryl methyl sites for hydroxylation is 1. The van der Waals surface area contributed by atoms with E-state index in [0.717, 1.165) is 24.4 Å². The molecule has 138 valence electrons. The Morgan fingerprint density at radius 2 is 1.81 bits per heavy atom. The lowest BCUT2D eigenvalue weighted by atomic mass is 10.1. The molecule has 0 aliphatic carbocycles. The van der Waals surface area contributed by atoms with Gasteiger partial charge in [-0.15, -0.1) is 0 Å². The van der Waals surface area contributed by atoms with E-state index in [2.05, 4.69) is 34.5 Å². The maximum atomic E-state index is 12.3. The number of hydrogen-bond acceptors (Lipinski definition) is 3. The Morgan fingerprint density at radius 1 is 1.08 bits per heavy atom. The van der Waals surface area contributed by atoms with E-state index in [-0.39, 0.29) is 18.6 Å². The van der Waals surface area contributed by atoms with Crippen LogP contribution in [0.3, 0.4) is 0 Å². The van der Waals surface area contributed by atoms with E-state index in [0.29, 0.717) is 6.54 Å². The molecule has 1 atom stereocenters. The molecular formula is C22H28N2O2. The minimum absolute atomic E-state index is 0.0474. The lowest BCUT2D eigenvalue weighted by molar-refractivity contribution is -0.123. The molecule has 2 aromatic carbocycles. The van der Waals surface area contributed by atoms with Gasteiger partial charge in [0.05, 0.1) is 6.04 Å². The molecule has 4 nitrogen and oxygen atoms in total. The Balaban J connectivity index is 1.56.